The highest BCUT2D eigenvalue weighted by Gasteiger charge is 2.20. The molecule has 0 atom stereocenters. The molecule has 0 aliphatic carbocycles. The molecule has 124 valence electrons. The number of hydrogen-bond donors (Lipinski definition) is 1. The van der Waals surface area contributed by atoms with Gasteiger partial charge in [-0.1, -0.05) is 19.1 Å². The molecule has 0 aromatic heterocycles. The number of hydrazone groups is 1. The second kappa shape index (κ2) is 8.31. The molecule has 1 aromatic rings. The van der Waals surface area contributed by atoms with E-state index in [9.17, 15) is 9.59 Å². The molecule has 1 saturated heterocycles. The molecule has 0 radical (unpaired) electrons. The zero-order valence-electron chi connectivity index (χ0n) is 13.7. The Bertz CT molecular complexity index is 571. The van der Waals surface area contributed by atoms with Gasteiger partial charge in [0, 0.05) is 37.2 Å². The number of carbonyl (C=O) groups excluding carboxylic acids is 2. The van der Waals surface area contributed by atoms with Gasteiger partial charge in [-0.2, -0.15) is 5.10 Å². The Morgan fingerprint density at radius 3 is 2.39 bits per heavy atom. The van der Waals surface area contributed by atoms with Crippen LogP contribution in [0.1, 0.15) is 42.6 Å². The number of rotatable bonds is 4. The predicted octanol–water partition coefficient (Wildman–Crippen LogP) is 2.59. The minimum atomic E-state index is -0.286. The highest BCUT2D eigenvalue weighted by molar-refractivity contribution is 5.95. The number of nitrogens with zero attached hydrogens (tertiary/aromatic N) is 2. The Morgan fingerprint density at radius 1 is 1.17 bits per heavy atom. The second-order valence-electron chi connectivity index (χ2n) is 5.36. The molecular weight excluding hydrogens is 294 g/mol. The van der Waals surface area contributed by atoms with Gasteiger partial charge in [-0.15, -0.1) is 0 Å². The first-order chi connectivity index (χ1) is 11.1. The number of carbonyl (C=O) groups is 2. The number of nitrogens with one attached hydrogen (secondary N) is 1. The van der Waals surface area contributed by atoms with Crippen LogP contribution in [0.4, 0.5) is 4.79 Å². The van der Waals surface area contributed by atoms with Crippen molar-refractivity contribution < 1.29 is 14.3 Å². The van der Waals surface area contributed by atoms with E-state index >= 15 is 0 Å². The molecule has 1 aliphatic heterocycles. The minimum absolute atomic E-state index is 0.215. The summed E-state index contributed by atoms with van der Waals surface area (Å²) in [6, 6.07) is 7.50. The second-order valence-corrected chi connectivity index (χ2v) is 5.36. The molecule has 1 fully saturated rings. The van der Waals surface area contributed by atoms with Crippen molar-refractivity contribution in [2.24, 2.45) is 5.10 Å². The van der Waals surface area contributed by atoms with Crippen LogP contribution in [0, 0.1) is 0 Å². The Labute approximate surface area is 136 Å². The highest BCUT2D eigenvalue weighted by Crippen LogP contribution is 2.09. The molecule has 1 N–H and O–H groups in total. The van der Waals surface area contributed by atoms with E-state index < -0.39 is 0 Å². The van der Waals surface area contributed by atoms with Crippen LogP contribution < -0.4 is 5.43 Å². The summed E-state index contributed by atoms with van der Waals surface area (Å²) >= 11 is 0. The maximum Gasteiger partial charge on any atom is 0.409 e. The van der Waals surface area contributed by atoms with Gasteiger partial charge < -0.3 is 9.64 Å². The van der Waals surface area contributed by atoms with Gasteiger partial charge in [0.15, 0.2) is 0 Å². The summed E-state index contributed by atoms with van der Waals surface area (Å²) in [5, 5.41) is 4.18. The van der Waals surface area contributed by atoms with Crippen molar-refractivity contribution in [2.45, 2.75) is 33.1 Å². The smallest absolute Gasteiger partial charge is 0.409 e. The van der Waals surface area contributed by atoms with Crippen molar-refractivity contribution in [3.05, 3.63) is 35.4 Å². The molecule has 0 bridgehead atoms. The van der Waals surface area contributed by atoms with E-state index in [4.69, 9.17) is 4.74 Å². The molecule has 0 spiro atoms. The van der Waals surface area contributed by atoms with Gasteiger partial charge in [-0.05, 0) is 31.0 Å². The van der Waals surface area contributed by atoms with E-state index in [1.807, 2.05) is 12.1 Å². The normalized spacial score (nSPS) is 14.3. The first-order valence-electron chi connectivity index (χ1n) is 8.00. The predicted molar refractivity (Wildman–Crippen MR) is 88.6 cm³/mol. The molecule has 6 nitrogen and oxygen atoms in total. The van der Waals surface area contributed by atoms with Gasteiger partial charge in [0.2, 0.25) is 0 Å². The number of amides is 2. The maximum atomic E-state index is 12.0. The third-order valence-corrected chi connectivity index (χ3v) is 3.81. The maximum absolute atomic E-state index is 12.0. The summed E-state index contributed by atoms with van der Waals surface area (Å²) in [7, 11) is 0. The van der Waals surface area contributed by atoms with Crippen molar-refractivity contribution in [3.63, 3.8) is 0 Å². The van der Waals surface area contributed by atoms with E-state index in [1.54, 1.807) is 24.0 Å². The average Bonchev–Trinajstić information content (AvgIpc) is 2.60. The summed E-state index contributed by atoms with van der Waals surface area (Å²) in [5.74, 6) is -0.215. The molecule has 1 aromatic carbocycles. The van der Waals surface area contributed by atoms with Crippen molar-refractivity contribution >= 4 is 17.7 Å². The van der Waals surface area contributed by atoms with Crippen LogP contribution in [0.25, 0.3) is 0 Å². The lowest BCUT2D eigenvalue weighted by Gasteiger charge is -2.26. The largest absolute Gasteiger partial charge is 0.450 e. The van der Waals surface area contributed by atoms with Crippen LogP contribution in [0.2, 0.25) is 0 Å². The number of likely N-dealkylation sites (tertiary alicyclic amines) is 1. The number of benzene rings is 1. The standard InChI is InChI=1S/C17H23N3O3/c1-3-13-5-7-14(8-6-13)16(21)19-18-15-9-11-20(12-10-15)17(22)23-4-2/h5-8H,3-4,9-12H2,1-2H3,(H,19,21). The van der Waals surface area contributed by atoms with Gasteiger partial charge >= 0.3 is 6.09 Å². The van der Waals surface area contributed by atoms with Gasteiger partial charge in [0.05, 0.1) is 6.61 Å². The van der Waals surface area contributed by atoms with Crippen LogP contribution in [-0.2, 0) is 11.2 Å². The fraction of sp³-hybridized carbons (Fsp3) is 0.471. The molecule has 1 aliphatic rings. The third kappa shape index (κ3) is 4.81. The first-order valence-corrected chi connectivity index (χ1v) is 8.00. The number of hydrogen-bond acceptors (Lipinski definition) is 4. The SMILES string of the molecule is CCOC(=O)N1CCC(=NNC(=O)c2ccc(CC)cc2)CC1. The molecule has 23 heavy (non-hydrogen) atoms. The van der Waals surface area contributed by atoms with Crippen LogP contribution >= 0.6 is 0 Å². The summed E-state index contributed by atoms with van der Waals surface area (Å²) in [6.45, 7) is 5.38. The zero-order chi connectivity index (χ0) is 16.7. The fourth-order valence-corrected chi connectivity index (χ4v) is 2.36. The van der Waals surface area contributed by atoms with Crippen molar-refractivity contribution in [1.29, 1.82) is 0 Å². The lowest BCUT2D eigenvalue weighted by molar-refractivity contribution is 0.0951. The van der Waals surface area contributed by atoms with Crippen molar-refractivity contribution in [1.82, 2.24) is 10.3 Å². The Kier molecular flexibility index (Phi) is 6.14. The van der Waals surface area contributed by atoms with E-state index in [-0.39, 0.29) is 12.0 Å². The number of aryl methyl sites for hydroxylation is 1. The monoisotopic (exact) mass is 317 g/mol. The van der Waals surface area contributed by atoms with E-state index in [2.05, 4.69) is 17.5 Å². The van der Waals surface area contributed by atoms with Gasteiger partial charge in [-0.3, -0.25) is 4.79 Å². The van der Waals surface area contributed by atoms with E-state index in [0.717, 1.165) is 12.1 Å². The van der Waals surface area contributed by atoms with Gasteiger partial charge in [0.1, 0.15) is 0 Å². The van der Waals surface area contributed by atoms with Gasteiger partial charge in [-0.25, -0.2) is 10.2 Å². The Hall–Kier alpha value is -2.37. The topological polar surface area (TPSA) is 71.0 Å². The fourth-order valence-electron chi connectivity index (χ4n) is 2.36. The van der Waals surface area contributed by atoms with Gasteiger partial charge in [0.25, 0.3) is 5.91 Å². The quantitative estimate of drug-likeness (QED) is 0.868. The number of ether oxygens (including phenoxy) is 1. The Morgan fingerprint density at radius 2 is 1.83 bits per heavy atom. The Balaban J connectivity index is 1.84. The molecule has 6 heteroatoms. The van der Waals surface area contributed by atoms with Crippen molar-refractivity contribution in [3.8, 4) is 0 Å². The molecule has 0 unspecified atom stereocenters. The van der Waals surface area contributed by atoms with Crippen LogP contribution in [0.5, 0.6) is 0 Å². The lowest BCUT2D eigenvalue weighted by atomic mass is 10.1. The zero-order valence-corrected chi connectivity index (χ0v) is 13.7. The molecule has 0 saturated carbocycles. The highest BCUT2D eigenvalue weighted by atomic mass is 16.6. The minimum Gasteiger partial charge on any atom is -0.450 e. The van der Waals surface area contributed by atoms with Crippen LogP contribution in [0.15, 0.2) is 29.4 Å². The third-order valence-electron chi connectivity index (χ3n) is 3.81. The lowest BCUT2D eigenvalue weighted by Crippen LogP contribution is -2.39. The molecular formula is C17H23N3O3. The summed E-state index contributed by atoms with van der Waals surface area (Å²) in [6.07, 6.45) is 1.95. The first kappa shape index (κ1) is 17.0. The van der Waals surface area contributed by atoms with E-state index in [1.165, 1.54) is 5.56 Å². The molecule has 1 heterocycles. The summed E-state index contributed by atoms with van der Waals surface area (Å²) < 4.78 is 4.97. The van der Waals surface area contributed by atoms with Crippen molar-refractivity contribution in [2.75, 3.05) is 19.7 Å². The summed E-state index contributed by atoms with van der Waals surface area (Å²) in [4.78, 5) is 25.3. The average molecular weight is 317 g/mol. The molecule has 2 amide bonds. The van der Waals surface area contributed by atoms with Crippen LogP contribution in [0.3, 0.4) is 0 Å². The number of piperidine rings is 1. The van der Waals surface area contributed by atoms with E-state index in [0.29, 0.717) is 38.1 Å². The summed E-state index contributed by atoms with van der Waals surface area (Å²) in [5.41, 5.74) is 5.27. The van der Waals surface area contributed by atoms with Crippen LogP contribution in [-0.4, -0.2) is 42.3 Å². The molecule has 2 rings (SSSR count).